The summed E-state index contributed by atoms with van der Waals surface area (Å²) in [4.78, 5) is 15.9. The molecule has 0 aliphatic rings. The molecule has 0 spiro atoms. The number of aromatic nitrogens is 1. The zero-order valence-electron chi connectivity index (χ0n) is 15.1. The molecule has 0 aliphatic carbocycles. The molecule has 1 aromatic heterocycles. The Morgan fingerprint density at radius 2 is 1.89 bits per heavy atom. The molecule has 2 N–H and O–H groups in total. The predicted molar refractivity (Wildman–Crippen MR) is 100.0 cm³/mol. The molecule has 0 bridgehead atoms. The summed E-state index contributed by atoms with van der Waals surface area (Å²) in [5.74, 6) is -0.874. The highest BCUT2D eigenvalue weighted by atomic mass is 32.2. The molecule has 2 atom stereocenters. The fraction of sp³-hybridized carbons (Fsp3) is 0.529. The number of alkyl halides is 3. The van der Waals surface area contributed by atoms with Crippen molar-refractivity contribution in [1.29, 1.82) is 0 Å². The molecule has 1 heterocycles. The number of nitrogens with one attached hydrogen (secondary N) is 1. The van der Waals surface area contributed by atoms with Crippen LogP contribution in [0.25, 0.3) is 10.2 Å². The number of amides is 1. The average molecular weight is 422 g/mol. The summed E-state index contributed by atoms with van der Waals surface area (Å²) in [5.41, 5.74) is -3.06. The standard InChI is InChI=1S/C17H21F3N2O3S2/c1-15(2,3)27(25)9-8-21-13(23)10-16(24,17(18,19)20)14-22-11-6-4-5-7-12(11)26-14/h4-7,24H,8-10H2,1-3H3,(H,21,23). The minimum atomic E-state index is -5.08. The molecule has 0 radical (unpaired) electrons. The Morgan fingerprint density at radius 3 is 2.44 bits per heavy atom. The van der Waals surface area contributed by atoms with E-state index in [0.717, 1.165) is 0 Å². The van der Waals surface area contributed by atoms with Crippen LogP contribution < -0.4 is 5.32 Å². The summed E-state index contributed by atoms with van der Waals surface area (Å²) in [6, 6.07) is 6.41. The zero-order chi connectivity index (χ0) is 20.5. The van der Waals surface area contributed by atoms with Gasteiger partial charge in [0.1, 0.15) is 5.01 Å². The summed E-state index contributed by atoms with van der Waals surface area (Å²) in [6.07, 6.45) is -6.29. The van der Waals surface area contributed by atoms with E-state index in [9.17, 15) is 27.3 Å². The maximum absolute atomic E-state index is 13.6. The number of thiazole rings is 1. The van der Waals surface area contributed by atoms with Crippen LogP contribution in [0.3, 0.4) is 0 Å². The number of hydrogen-bond acceptors (Lipinski definition) is 5. The molecule has 2 aromatic rings. The maximum Gasteiger partial charge on any atom is 0.424 e. The van der Waals surface area contributed by atoms with E-state index in [2.05, 4.69) is 10.3 Å². The van der Waals surface area contributed by atoms with Crippen molar-refractivity contribution in [1.82, 2.24) is 10.3 Å². The van der Waals surface area contributed by atoms with Gasteiger partial charge in [0, 0.05) is 27.8 Å². The predicted octanol–water partition coefficient (Wildman–Crippen LogP) is 3.10. The number of hydrogen-bond donors (Lipinski definition) is 2. The first-order chi connectivity index (χ1) is 12.3. The van der Waals surface area contributed by atoms with Gasteiger partial charge in [-0.15, -0.1) is 11.3 Å². The van der Waals surface area contributed by atoms with Gasteiger partial charge >= 0.3 is 6.18 Å². The normalized spacial score (nSPS) is 16.1. The van der Waals surface area contributed by atoms with Crippen molar-refractivity contribution >= 4 is 38.3 Å². The molecular formula is C17H21F3N2O3S2. The summed E-state index contributed by atoms with van der Waals surface area (Å²) in [5, 5.41) is 12.1. The smallest absolute Gasteiger partial charge is 0.374 e. The van der Waals surface area contributed by atoms with E-state index in [1.54, 1.807) is 39.0 Å². The number of benzene rings is 1. The van der Waals surface area contributed by atoms with Crippen molar-refractivity contribution in [2.24, 2.45) is 0 Å². The third-order valence-corrected chi connectivity index (χ3v) is 6.95. The Hall–Kier alpha value is -1.52. The first-order valence-electron chi connectivity index (χ1n) is 8.15. The van der Waals surface area contributed by atoms with Crippen molar-refractivity contribution in [2.75, 3.05) is 12.3 Å². The molecule has 1 amide bonds. The summed E-state index contributed by atoms with van der Waals surface area (Å²) in [6.45, 7) is 5.25. The fourth-order valence-corrected chi connectivity index (χ4v) is 4.20. The molecule has 2 unspecified atom stereocenters. The van der Waals surface area contributed by atoms with E-state index in [1.807, 2.05) is 0 Å². The quantitative estimate of drug-likeness (QED) is 0.750. The van der Waals surface area contributed by atoms with Crippen LogP contribution in [-0.2, 0) is 21.2 Å². The van der Waals surface area contributed by atoms with Crippen LogP contribution in [0, 0.1) is 0 Å². The van der Waals surface area contributed by atoms with Gasteiger partial charge in [-0.3, -0.25) is 9.00 Å². The Morgan fingerprint density at radius 1 is 1.26 bits per heavy atom. The lowest BCUT2D eigenvalue weighted by atomic mass is 9.99. The third-order valence-electron chi connectivity index (χ3n) is 3.83. The van der Waals surface area contributed by atoms with Crippen molar-refractivity contribution in [3.05, 3.63) is 29.3 Å². The number of carbonyl (C=O) groups excluding carboxylic acids is 1. The number of aliphatic hydroxyl groups is 1. The summed E-state index contributed by atoms with van der Waals surface area (Å²) >= 11 is 0.695. The summed E-state index contributed by atoms with van der Waals surface area (Å²) < 4.78 is 52.6. The molecule has 10 heteroatoms. The lowest BCUT2D eigenvalue weighted by Crippen LogP contribution is -2.46. The van der Waals surface area contributed by atoms with Crippen molar-refractivity contribution in [3.8, 4) is 0 Å². The Kier molecular flexibility index (Phi) is 6.33. The minimum absolute atomic E-state index is 0.0451. The third kappa shape index (κ3) is 5.05. The van der Waals surface area contributed by atoms with E-state index in [4.69, 9.17) is 0 Å². The van der Waals surface area contributed by atoms with Crippen LogP contribution in [0.15, 0.2) is 24.3 Å². The fourth-order valence-electron chi connectivity index (χ4n) is 2.23. The number of fused-ring (bicyclic) bond motifs is 1. The Balaban J connectivity index is 2.14. The molecule has 150 valence electrons. The van der Waals surface area contributed by atoms with Crippen LogP contribution in [0.2, 0.25) is 0 Å². The van der Waals surface area contributed by atoms with Crippen LogP contribution in [0.5, 0.6) is 0 Å². The maximum atomic E-state index is 13.6. The monoisotopic (exact) mass is 422 g/mol. The minimum Gasteiger partial charge on any atom is -0.374 e. The molecule has 1 aromatic carbocycles. The molecule has 2 rings (SSSR count). The summed E-state index contributed by atoms with van der Waals surface area (Å²) in [7, 11) is -1.25. The van der Waals surface area contributed by atoms with E-state index >= 15 is 0 Å². The molecule has 0 saturated heterocycles. The number of nitrogens with zero attached hydrogens (tertiary/aromatic N) is 1. The van der Waals surface area contributed by atoms with Crippen LogP contribution in [0.4, 0.5) is 13.2 Å². The van der Waals surface area contributed by atoms with E-state index in [0.29, 0.717) is 21.6 Å². The molecule has 0 fully saturated rings. The number of para-hydroxylation sites is 1. The van der Waals surface area contributed by atoms with E-state index in [1.165, 1.54) is 6.07 Å². The topological polar surface area (TPSA) is 79.3 Å². The van der Waals surface area contributed by atoms with Crippen molar-refractivity contribution in [3.63, 3.8) is 0 Å². The number of halogens is 3. The first kappa shape index (κ1) is 21.8. The second-order valence-electron chi connectivity index (χ2n) is 7.03. The second kappa shape index (κ2) is 7.84. The van der Waals surface area contributed by atoms with Gasteiger partial charge in [-0.2, -0.15) is 13.2 Å². The molecular weight excluding hydrogens is 401 g/mol. The highest BCUT2D eigenvalue weighted by molar-refractivity contribution is 7.86. The number of carbonyl (C=O) groups is 1. The largest absolute Gasteiger partial charge is 0.424 e. The van der Waals surface area contributed by atoms with Gasteiger partial charge in [0.2, 0.25) is 11.5 Å². The van der Waals surface area contributed by atoms with Gasteiger partial charge in [-0.25, -0.2) is 4.98 Å². The van der Waals surface area contributed by atoms with Gasteiger partial charge < -0.3 is 10.4 Å². The van der Waals surface area contributed by atoms with Gasteiger partial charge in [-0.1, -0.05) is 12.1 Å². The van der Waals surface area contributed by atoms with Crippen LogP contribution >= 0.6 is 11.3 Å². The molecule has 27 heavy (non-hydrogen) atoms. The van der Waals surface area contributed by atoms with E-state index in [-0.39, 0.29) is 12.3 Å². The van der Waals surface area contributed by atoms with Crippen molar-refractivity contribution in [2.45, 2.75) is 43.7 Å². The van der Waals surface area contributed by atoms with Gasteiger partial charge in [0.25, 0.3) is 0 Å². The second-order valence-corrected chi connectivity index (χ2v) is 10.4. The molecule has 0 aliphatic heterocycles. The Labute approximate surface area is 161 Å². The highest BCUT2D eigenvalue weighted by Crippen LogP contribution is 2.44. The van der Waals surface area contributed by atoms with Crippen molar-refractivity contribution < 1.29 is 27.3 Å². The van der Waals surface area contributed by atoms with Crippen LogP contribution in [-0.4, -0.2) is 43.4 Å². The molecule has 0 saturated carbocycles. The Bertz CT molecular complexity index is 813. The zero-order valence-corrected chi connectivity index (χ0v) is 16.7. The molecule has 5 nitrogen and oxygen atoms in total. The SMILES string of the molecule is CC(C)(C)S(=O)CCNC(=O)CC(O)(c1nc2ccccc2s1)C(F)(F)F. The number of rotatable bonds is 6. The lowest BCUT2D eigenvalue weighted by Gasteiger charge is -2.28. The lowest BCUT2D eigenvalue weighted by molar-refractivity contribution is -0.267. The van der Waals surface area contributed by atoms with E-state index < -0.39 is 44.7 Å². The van der Waals surface area contributed by atoms with Gasteiger partial charge in [-0.05, 0) is 32.9 Å². The van der Waals surface area contributed by atoms with Gasteiger partial charge in [0.05, 0.1) is 16.6 Å². The average Bonchev–Trinajstić information content (AvgIpc) is 2.97. The highest BCUT2D eigenvalue weighted by Gasteiger charge is 2.58. The van der Waals surface area contributed by atoms with Gasteiger partial charge in [0.15, 0.2) is 0 Å². The first-order valence-corrected chi connectivity index (χ1v) is 10.3. The van der Waals surface area contributed by atoms with Crippen LogP contribution in [0.1, 0.15) is 32.2 Å².